The first kappa shape index (κ1) is 24.6. The summed E-state index contributed by atoms with van der Waals surface area (Å²) in [5, 5.41) is 4.36. The zero-order valence-corrected chi connectivity index (χ0v) is 21.4. The van der Waals surface area contributed by atoms with Gasteiger partial charge in [0, 0.05) is 27.4 Å². The van der Waals surface area contributed by atoms with Gasteiger partial charge in [-0.3, -0.25) is 14.2 Å². The Labute approximate surface area is 210 Å². The molecule has 1 aromatic heterocycles. The molecule has 0 spiro atoms. The number of hydrogen-bond acceptors (Lipinski definition) is 3. The predicted molar refractivity (Wildman–Crippen MR) is 142 cm³/mol. The Balaban J connectivity index is 1.68. The van der Waals surface area contributed by atoms with Crippen LogP contribution in [-0.2, 0) is 16.6 Å². The molecule has 35 heavy (non-hydrogen) atoms. The minimum absolute atomic E-state index is 0.0388. The minimum Gasteiger partial charge on any atom is -0.497 e. The van der Waals surface area contributed by atoms with Gasteiger partial charge < -0.3 is 10.1 Å². The Bertz CT molecular complexity index is 1400. The third kappa shape index (κ3) is 5.10. The second kappa shape index (κ2) is 9.59. The van der Waals surface area contributed by atoms with Crippen molar-refractivity contribution in [2.75, 3.05) is 12.4 Å². The topological polar surface area (TPSA) is 60.3 Å². The van der Waals surface area contributed by atoms with Crippen molar-refractivity contribution in [3.63, 3.8) is 0 Å². The van der Waals surface area contributed by atoms with Gasteiger partial charge in [-0.15, -0.1) is 0 Å². The third-order valence-electron chi connectivity index (χ3n) is 6.21. The molecule has 5 nitrogen and oxygen atoms in total. The highest BCUT2D eigenvalue weighted by atomic mass is 35.5. The van der Waals surface area contributed by atoms with Crippen molar-refractivity contribution >= 4 is 40.0 Å². The number of nitrogens with one attached hydrogen (secondary N) is 1. The van der Waals surface area contributed by atoms with Crippen molar-refractivity contribution in [3.8, 4) is 5.75 Å². The molecule has 0 bridgehead atoms. The first-order chi connectivity index (χ1) is 16.6. The second-order valence-corrected chi connectivity index (χ2v) is 10.1. The van der Waals surface area contributed by atoms with E-state index >= 15 is 0 Å². The highest BCUT2D eigenvalue weighted by Crippen LogP contribution is 2.31. The van der Waals surface area contributed by atoms with Gasteiger partial charge in [0.15, 0.2) is 0 Å². The number of carbonyl (C=O) groups is 2. The number of rotatable bonds is 5. The number of hydrogen-bond donors (Lipinski definition) is 1. The number of nitrogens with zero attached hydrogens (tertiary/aromatic N) is 1. The molecule has 4 aromatic rings. The lowest BCUT2D eigenvalue weighted by Crippen LogP contribution is -2.17. The Kier molecular flexibility index (Phi) is 6.73. The number of aromatic nitrogens is 1. The molecule has 0 unspecified atom stereocenters. The minimum atomic E-state index is -0.182. The molecule has 1 amide bonds. The summed E-state index contributed by atoms with van der Waals surface area (Å²) >= 11 is 6.00. The summed E-state index contributed by atoms with van der Waals surface area (Å²) in [6.45, 7) is 8.32. The van der Waals surface area contributed by atoms with Gasteiger partial charge in [-0.25, -0.2) is 0 Å². The van der Waals surface area contributed by atoms with Gasteiger partial charge in [0.2, 0.25) is 5.91 Å². The van der Waals surface area contributed by atoms with Crippen LogP contribution in [0.1, 0.15) is 48.0 Å². The molecule has 0 aliphatic rings. The smallest absolute Gasteiger partial charge is 0.262 e. The van der Waals surface area contributed by atoms with Gasteiger partial charge in [-0.2, -0.15) is 0 Å². The summed E-state index contributed by atoms with van der Waals surface area (Å²) in [7, 11) is 1.59. The fraction of sp³-hybridized carbons (Fsp3) is 0.241. The number of halogens is 1. The monoisotopic (exact) mass is 488 g/mol. The molecule has 0 saturated heterocycles. The van der Waals surface area contributed by atoms with Gasteiger partial charge in [0.05, 0.1) is 19.0 Å². The van der Waals surface area contributed by atoms with Crippen molar-refractivity contribution in [2.45, 2.75) is 39.5 Å². The van der Waals surface area contributed by atoms with Crippen LogP contribution in [-0.4, -0.2) is 23.5 Å². The highest BCUT2D eigenvalue weighted by molar-refractivity contribution is 6.30. The molecule has 0 aliphatic heterocycles. The number of ether oxygens (including phenoxy) is 1. The average molecular weight is 489 g/mol. The van der Waals surface area contributed by atoms with Gasteiger partial charge in [-0.1, -0.05) is 44.5 Å². The largest absolute Gasteiger partial charge is 0.497 e. The maximum atomic E-state index is 13.4. The maximum absolute atomic E-state index is 13.4. The van der Waals surface area contributed by atoms with E-state index in [1.807, 2.05) is 49.4 Å². The summed E-state index contributed by atoms with van der Waals surface area (Å²) in [5.41, 5.74) is 4.70. The van der Waals surface area contributed by atoms with E-state index in [1.165, 1.54) is 5.56 Å². The molecule has 0 radical (unpaired) electrons. The van der Waals surface area contributed by atoms with E-state index in [-0.39, 0.29) is 23.7 Å². The zero-order valence-electron chi connectivity index (χ0n) is 20.6. The number of anilines is 1. The van der Waals surface area contributed by atoms with E-state index in [1.54, 1.807) is 35.9 Å². The van der Waals surface area contributed by atoms with E-state index < -0.39 is 0 Å². The molecule has 0 saturated carbocycles. The molecule has 6 heteroatoms. The van der Waals surface area contributed by atoms with Crippen molar-refractivity contribution in [1.82, 2.24) is 4.57 Å². The Morgan fingerprint density at radius 3 is 2.23 bits per heavy atom. The SMILES string of the molecule is COc1ccc2c(c1)c(CC(=O)Nc1ccc(C(C)(C)C)cc1)c(C)n2C(=O)c1ccc(Cl)cc1. The first-order valence-electron chi connectivity index (χ1n) is 11.5. The van der Waals surface area contributed by atoms with Gasteiger partial charge in [0.25, 0.3) is 5.91 Å². The summed E-state index contributed by atoms with van der Waals surface area (Å²) in [5.74, 6) is 0.323. The molecule has 0 aliphatic carbocycles. The predicted octanol–water partition coefficient (Wildman–Crippen LogP) is 6.78. The molecular weight excluding hydrogens is 460 g/mol. The van der Waals surface area contributed by atoms with Crippen molar-refractivity contribution in [3.05, 3.63) is 94.1 Å². The van der Waals surface area contributed by atoms with Crippen LogP contribution < -0.4 is 10.1 Å². The fourth-order valence-electron chi connectivity index (χ4n) is 4.22. The lowest BCUT2D eigenvalue weighted by molar-refractivity contribution is -0.115. The van der Waals surface area contributed by atoms with E-state index in [9.17, 15) is 9.59 Å². The number of methoxy groups -OCH3 is 1. The van der Waals surface area contributed by atoms with Gasteiger partial charge >= 0.3 is 0 Å². The van der Waals surface area contributed by atoms with Crippen molar-refractivity contribution in [1.29, 1.82) is 0 Å². The lowest BCUT2D eigenvalue weighted by atomic mass is 9.87. The Hall–Kier alpha value is -3.57. The molecule has 4 rings (SSSR count). The summed E-state index contributed by atoms with van der Waals surface area (Å²) in [6, 6.07) is 20.2. The Morgan fingerprint density at radius 2 is 1.63 bits per heavy atom. The summed E-state index contributed by atoms with van der Waals surface area (Å²) < 4.78 is 7.07. The van der Waals surface area contributed by atoms with Crippen LogP contribution in [0.4, 0.5) is 5.69 Å². The summed E-state index contributed by atoms with van der Waals surface area (Å²) in [6.07, 6.45) is 0.122. The second-order valence-electron chi connectivity index (χ2n) is 9.65. The molecule has 0 atom stereocenters. The highest BCUT2D eigenvalue weighted by Gasteiger charge is 2.22. The molecule has 0 fully saturated rings. The maximum Gasteiger partial charge on any atom is 0.262 e. The zero-order chi connectivity index (χ0) is 25.3. The van der Waals surface area contributed by atoms with Crippen molar-refractivity contribution < 1.29 is 14.3 Å². The normalized spacial score (nSPS) is 11.5. The van der Waals surface area contributed by atoms with Crippen LogP contribution >= 0.6 is 11.6 Å². The summed E-state index contributed by atoms with van der Waals surface area (Å²) in [4.78, 5) is 26.5. The first-order valence-corrected chi connectivity index (χ1v) is 11.8. The number of amides is 1. The molecule has 3 aromatic carbocycles. The molecule has 1 N–H and O–H groups in total. The number of carbonyl (C=O) groups excluding carboxylic acids is 2. The van der Waals surface area contributed by atoms with Gasteiger partial charge in [-0.05, 0) is 78.1 Å². The number of benzene rings is 3. The van der Waals surface area contributed by atoms with Gasteiger partial charge in [0.1, 0.15) is 5.75 Å². The van der Waals surface area contributed by atoms with E-state index in [2.05, 4.69) is 26.1 Å². The lowest BCUT2D eigenvalue weighted by Gasteiger charge is -2.19. The van der Waals surface area contributed by atoms with Crippen LogP contribution in [0.2, 0.25) is 5.02 Å². The fourth-order valence-corrected chi connectivity index (χ4v) is 4.34. The number of fused-ring (bicyclic) bond motifs is 1. The average Bonchev–Trinajstić information content (AvgIpc) is 3.09. The van der Waals surface area contributed by atoms with E-state index in [0.29, 0.717) is 22.0 Å². The Morgan fingerprint density at radius 1 is 0.971 bits per heavy atom. The standard InChI is InChI=1S/C29H29ClN2O3/c1-18-24(17-27(33)31-22-12-8-20(9-13-22)29(2,3)4)25-16-23(35-5)14-15-26(25)32(18)28(34)19-6-10-21(30)11-7-19/h6-16H,17H2,1-5H3,(H,31,33). The third-order valence-corrected chi connectivity index (χ3v) is 6.46. The quantitative estimate of drug-likeness (QED) is 0.337. The van der Waals surface area contributed by atoms with Crippen LogP contribution in [0, 0.1) is 6.92 Å². The van der Waals surface area contributed by atoms with Crippen LogP contribution in [0.25, 0.3) is 10.9 Å². The van der Waals surface area contributed by atoms with Crippen LogP contribution in [0.5, 0.6) is 5.75 Å². The molecular formula is C29H29ClN2O3. The molecule has 1 heterocycles. The van der Waals surface area contributed by atoms with E-state index in [4.69, 9.17) is 16.3 Å². The van der Waals surface area contributed by atoms with E-state index in [0.717, 1.165) is 22.2 Å². The molecule has 180 valence electrons. The van der Waals surface area contributed by atoms with Crippen LogP contribution in [0.15, 0.2) is 66.7 Å². The van der Waals surface area contributed by atoms with Crippen molar-refractivity contribution in [2.24, 2.45) is 0 Å². The van der Waals surface area contributed by atoms with Crippen LogP contribution in [0.3, 0.4) is 0 Å².